The molecule has 0 bridgehead atoms. The lowest BCUT2D eigenvalue weighted by atomic mass is 10.2. The summed E-state index contributed by atoms with van der Waals surface area (Å²) in [5.74, 6) is 0.323. The Kier molecular flexibility index (Phi) is 6.18. The molecule has 0 saturated heterocycles. The van der Waals surface area contributed by atoms with Crippen LogP contribution in [0, 0.1) is 10.1 Å². The topological polar surface area (TPSA) is 98.5 Å². The van der Waals surface area contributed by atoms with Gasteiger partial charge in [0.1, 0.15) is 11.3 Å². The van der Waals surface area contributed by atoms with Crippen molar-refractivity contribution in [2.24, 2.45) is 0 Å². The average molecular weight is 446 g/mol. The fourth-order valence-corrected chi connectivity index (χ4v) is 4.09. The monoisotopic (exact) mass is 446 g/mol. The number of pyridine rings is 1. The number of carbonyl (C=O) groups excluding carboxylic acids is 1. The summed E-state index contributed by atoms with van der Waals surface area (Å²) in [5, 5.41) is 11.5. The molecule has 0 fully saturated rings. The molecule has 32 heavy (non-hydrogen) atoms. The summed E-state index contributed by atoms with van der Waals surface area (Å²) in [7, 11) is 1.58. The second-order valence-corrected chi connectivity index (χ2v) is 7.78. The number of amides is 1. The standard InChI is InChI=1S/C23H18N4O4S/c1-31-19-8-3-9-20-22(19)25-23(32-20)26(15-17-6-4-12-24-14-17)21(28)11-10-16-5-2-7-18(13-16)27(29)30/h2-14H,15H2,1H3/b11-10+. The van der Waals surface area contributed by atoms with E-state index >= 15 is 0 Å². The van der Waals surface area contributed by atoms with Crippen LogP contribution in [0.2, 0.25) is 0 Å². The van der Waals surface area contributed by atoms with Crippen molar-refractivity contribution in [1.82, 2.24) is 9.97 Å². The number of ether oxygens (including phenoxy) is 1. The first kappa shape index (κ1) is 21.1. The third-order valence-electron chi connectivity index (χ3n) is 4.65. The number of nitrogens with zero attached hydrogens (tertiary/aromatic N) is 4. The van der Waals surface area contributed by atoms with Crippen LogP contribution in [0.3, 0.4) is 0 Å². The summed E-state index contributed by atoms with van der Waals surface area (Å²) in [6, 6.07) is 15.4. The smallest absolute Gasteiger partial charge is 0.270 e. The predicted octanol–water partition coefficient (Wildman–Crippen LogP) is 4.85. The maximum Gasteiger partial charge on any atom is 0.270 e. The number of hydrogen-bond donors (Lipinski definition) is 0. The summed E-state index contributed by atoms with van der Waals surface area (Å²) < 4.78 is 6.29. The Morgan fingerprint density at radius 1 is 1.22 bits per heavy atom. The third kappa shape index (κ3) is 4.62. The van der Waals surface area contributed by atoms with Gasteiger partial charge in [0, 0.05) is 30.6 Å². The molecule has 0 aliphatic rings. The molecule has 1 amide bonds. The number of nitro benzene ring substituents is 1. The third-order valence-corrected chi connectivity index (χ3v) is 5.69. The van der Waals surface area contributed by atoms with E-state index in [0.29, 0.717) is 22.0 Å². The predicted molar refractivity (Wildman–Crippen MR) is 124 cm³/mol. The SMILES string of the molecule is COc1cccc2sc(N(Cc3cccnc3)C(=O)/C=C/c3cccc([N+](=O)[O-])c3)nc12. The van der Waals surface area contributed by atoms with Crippen LogP contribution in [0.4, 0.5) is 10.8 Å². The Labute approximate surface area is 187 Å². The van der Waals surface area contributed by atoms with Crippen LogP contribution in [0.5, 0.6) is 5.75 Å². The van der Waals surface area contributed by atoms with Gasteiger partial charge in [-0.05, 0) is 35.4 Å². The molecule has 0 atom stereocenters. The molecule has 160 valence electrons. The van der Waals surface area contributed by atoms with Gasteiger partial charge in [0.05, 0.1) is 23.3 Å². The van der Waals surface area contributed by atoms with Crippen LogP contribution in [0.1, 0.15) is 11.1 Å². The number of nitro groups is 1. The van der Waals surface area contributed by atoms with Crippen molar-refractivity contribution < 1.29 is 14.5 Å². The lowest BCUT2D eigenvalue weighted by Gasteiger charge is -2.18. The van der Waals surface area contributed by atoms with Crippen molar-refractivity contribution in [2.75, 3.05) is 12.0 Å². The normalized spacial score (nSPS) is 11.0. The molecule has 4 aromatic rings. The van der Waals surface area contributed by atoms with Gasteiger partial charge in [-0.3, -0.25) is 24.8 Å². The van der Waals surface area contributed by atoms with Gasteiger partial charge in [-0.2, -0.15) is 0 Å². The molecule has 9 heteroatoms. The summed E-state index contributed by atoms with van der Waals surface area (Å²) in [4.78, 5) is 34.1. The number of methoxy groups -OCH3 is 1. The van der Waals surface area contributed by atoms with Crippen molar-refractivity contribution in [3.8, 4) is 5.75 Å². The highest BCUT2D eigenvalue weighted by Gasteiger charge is 2.20. The van der Waals surface area contributed by atoms with E-state index in [1.807, 2.05) is 24.3 Å². The van der Waals surface area contributed by atoms with Crippen LogP contribution in [-0.4, -0.2) is 27.9 Å². The van der Waals surface area contributed by atoms with Gasteiger partial charge in [0.25, 0.3) is 11.6 Å². The molecular formula is C23H18N4O4S. The average Bonchev–Trinajstić information content (AvgIpc) is 3.26. The zero-order valence-corrected chi connectivity index (χ0v) is 17.9. The second kappa shape index (κ2) is 9.36. The summed E-state index contributed by atoms with van der Waals surface area (Å²) in [5.41, 5.74) is 2.04. The zero-order chi connectivity index (χ0) is 22.5. The number of carbonyl (C=O) groups is 1. The maximum absolute atomic E-state index is 13.2. The molecule has 0 N–H and O–H groups in total. The molecule has 0 unspecified atom stereocenters. The van der Waals surface area contributed by atoms with Crippen molar-refractivity contribution >= 4 is 44.4 Å². The van der Waals surface area contributed by atoms with Crippen LogP contribution in [0.15, 0.2) is 73.1 Å². The van der Waals surface area contributed by atoms with Gasteiger partial charge in [0.2, 0.25) is 0 Å². The molecule has 2 aromatic heterocycles. The van der Waals surface area contributed by atoms with Crippen molar-refractivity contribution in [3.05, 3.63) is 94.3 Å². The largest absolute Gasteiger partial charge is 0.494 e. The fraction of sp³-hybridized carbons (Fsp3) is 0.0870. The number of hydrogen-bond acceptors (Lipinski definition) is 7. The molecule has 0 spiro atoms. The first-order valence-electron chi connectivity index (χ1n) is 9.61. The molecule has 0 aliphatic carbocycles. The Morgan fingerprint density at radius 3 is 2.81 bits per heavy atom. The molecule has 0 saturated carbocycles. The van der Waals surface area contributed by atoms with Crippen LogP contribution in [-0.2, 0) is 11.3 Å². The Morgan fingerprint density at radius 2 is 2.06 bits per heavy atom. The number of thiazole rings is 1. The highest BCUT2D eigenvalue weighted by Crippen LogP contribution is 2.34. The minimum absolute atomic E-state index is 0.0370. The van der Waals surface area contributed by atoms with Crippen LogP contribution < -0.4 is 9.64 Å². The van der Waals surface area contributed by atoms with E-state index in [1.165, 1.54) is 29.5 Å². The quantitative estimate of drug-likeness (QED) is 0.229. The maximum atomic E-state index is 13.2. The van der Waals surface area contributed by atoms with Crippen LogP contribution in [0.25, 0.3) is 16.3 Å². The number of anilines is 1. The zero-order valence-electron chi connectivity index (χ0n) is 17.0. The lowest BCUT2D eigenvalue weighted by molar-refractivity contribution is -0.384. The molecule has 0 aliphatic heterocycles. The van der Waals surface area contributed by atoms with Crippen molar-refractivity contribution in [1.29, 1.82) is 0 Å². The molecule has 8 nitrogen and oxygen atoms in total. The van der Waals surface area contributed by atoms with Gasteiger partial charge in [0.15, 0.2) is 5.13 Å². The van der Waals surface area contributed by atoms with Gasteiger partial charge >= 0.3 is 0 Å². The second-order valence-electron chi connectivity index (χ2n) is 6.77. The Hall–Kier alpha value is -4.11. The van der Waals surface area contributed by atoms with E-state index in [-0.39, 0.29) is 18.1 Å². The number of aromatic nitrogens is 2. The van der Waals surface area contributed by atoms with E-state index < -0.39 is 4.92 Å². The number of para-hydroxylation sites is 1. The first-order valence-corrected chi connectivity index (χ1v) is 10.4. The van der Waals surface area contributed by atoms with Gasteiger partial charge in [-0.15, -0.1) is 0 Å². The van der Waals surface area contributed by atoms with Crippen LogP contribution >= 0.6 is 11.3 Å². The van der Waals surface area contributed by atoms with Crippen molar-refractivity contribution in [2.45, 2.75) is 6.54 Å². The molecular weight excluding hydrogens is 428 g/mol. The highest BCUT2D eigenvalue weighted by molar-refractivity contribution is 7.22. The van der Waals surface area contributed by atoms with Crippen molar-refractivity contribution in [3.63, 3.8) is 0 Å². The Bertz CT molecular complexity index is 1300. The molecule has 4 rings (SSSR count). The van der Waals surface area contributed by atoms with E-state index in [0.717, 1.165) is 10.3 Å². The van der Waals surface area contributed by atoms with E-state index in [1.54, 1.807) is 48.7 Å². The minimum atomic E-state index is -0.470. The van der Waals surface area contributed by atoms with E-state index in [2.05, 4.69) is 9.97 Å². The summed E-state index contributed by atoms with van der Waals surface area (Å²) >= 11 is 1.38. The molecule has 2 aromatic carbocycles. The Balaban J connectivity index is 1.69. The van der Waals surface area contributed by atoms with Gasteiger partial charge < -0.3 is 4.74 Å². The lowest BCUT2D eigenvalue weighted by Crippen LogP contribution is -2.28. The number of fused-ring (bicyclic) bond motifs is 1. The van der Waals surface area contributed by atoms with Gasteiger partial charge in [-0.1, -0.05) is 35.6 Å². The first-order chi connectivity index (χ1) is 15.5. The number of benzene rings is 2. The minimum Gasteiger partial charge on any atom is -0.494 e. The highest BCUT2D eigenvalue weighted by atomic mass is 32.1. The van der Waals surface area contributed by atoms with E-state index in [4.69, 9.17) is 4.74 Å². The number of rotatable bonds is 7. The van der Waals surface area contributed by atoms with E-state index in [9.17, 15) is 14.9 Å². The fourth-order valence-electron chi connectivity index (χ4n) is 3.11. The molecule has 0 radical (unpaired) electrons. The number of non-ortho nitro benzene ring substituents is 1. The van der Waals surface area contributed by atoms with Gasteiger partial charge in [-0.25, -0.2) is 4.98 Å². The summed E-state index contributed by atoms with van der Waals surface area (Å²) in [6.07, 6.45) is 6.30. The summed E-state index contributed by atoms with van der Waals surface area (Å²) in [6.45, 7) is 0.272. The molecule has 2 heterocycles.